The van der Waals surface area contributed by atoms with Gasteiger partial charge in [-0.25, -0.2) is 9.59 Å². The zero-order valence-corrected chi connectivity index (χ0v) is 14.3. The predicted molar refractivity (Wildman–Crippen MR) is 87.7 cm³/mol. The smallest absolute Gasteiger partial charge is 0.338 e. The second-order valence-electron chi connectivity index (χ2n) is 5.19. The fourth-order valence-corrected chi connectivity index (χ4v) is 1.82. The molecule has 1 rings (SSSR count). The van der Waals surface area contributed by atoms with Gasteiger partial charge in [0.05, 0.1) is 15.6 Å². The second-order valence-corrected chi connectivity index (χ2v) is 6.01. The van der Waals surface area contributed by atoms with Crippen molar-refractivity contribution in [3.8, 4) is 0 Å². The summed E-state index contributed by atoms with van der Waals surface area (Å²) in [7, 11) is 0. The average Bonchev–Trinajstić information content (AvgIpc) is 2.47. The Morgan fingerprint density at radius 3 is 2.48 bits per heavy atom. The molecule has 0 fully saturated rings. The van der Waals surface area contributed by atoms with Gasteiger partial charge >= 0.3 is 12.0 Å². The summed E-state index contributed by atoms with van der Waals surface area (Å²) in [4.78, 5) is 34.7. The molecule has 2 N–H and O–H groups in total. The summed E-state index contributed by atoms with van der Waals surface area (Å²) >= 11 is 11.5. The summed E-state index contributed by atoms with van der Waals surface area (Å²) in [5.74, 6) is -1.02. The lowest BCUT2D eigenvalue weighted by atomic mass is 10.1. The number of hydrogen-bond donors (Lipinski definition) is 2. The first kappa shape index (κ1) is 19.3. The number of nitrogens with one attached hydrogen (secondary N) is 2. The largest absolute Gasteiger partial charge is 0.452 e. The normalized spacial score (nSPS) is 10.3. The highest BCUT2D eigenvalue weighted by Gasteiger charge is 2.13. The van der Waals surface area contributed by atoms with E-state index in [2.05, 4.69) is 10.6 Å². The van der Waals surface area contributed by atoms with Crippen LogP contribution in [0.4, 0.5) is 4.79 Å². The van der Waals surface area contributed by atoms with Crippen LogP contribution in [0.15, 0.2) is 18.2 Å². The minimum absolute atomic E-state index is 0.161. The Hall–Kier alpha value is -1.79. The fourth-order valence-electron chi connectivity index (χ4n) is 1.52. The number of benzene rings is 1. The quantitative estimate of drug-likeness (QED) is 0.763. The summed E-state index contributed by atoms with van der Waals surface area (Å²) < 4.78 is 4.80. The van der Waals surface area contributed by atoms with Crippen molar-refractivity contribution in [2.24, 2.45) is 5.92 Å². The number of carbonyl (C=O) groups is 3. The number of esters is 1. The predicted octanol–water partition coefficient (Wildman–Crippen LogP) is 3.02. The zero-order chi connectivity index (χ0) is 17.4. The molecule has 0 saturated carbocycles. The van der Waals surface area contributed by atoms with Gasteiger partial charge in [0.1, 0.15) is 0 Å². The van der Waals surface area contributed by atoms with Crippen molar-refractivity contribution < 1.29 is 19.1 Å². The van der Waals surface area contributed by atoms with Crippen LogP contribution in [0.5, 0.6) is 0 Å². The first-order valence-corrected chi connectivity index (χ1v) is 7.75. The van der Waals surface area contributed by atoms with E-state index < -0.39 is 24.5 Å². The lowest BCUT2D eigenvalue weighted by molar-refractivity contribution is -0.123. The van der Waals surface area contributed by atoms with Gasteiger partial charge in [0.15, 0.2) is 6.61 Å². The average molecular weight is 361 g/mol. The van der Waals surface area contributed by atoms with Crippen molar-refractivity contribution in [3.63, 3.8) is 0 Å². The van der Waals surface area contributed by atoms with Crippen LogP contribution in [0.25, 0.3) is 0 Å². The van der Waals surface area contributed by atoms with E-state index in [1.807, 2.05) is 13.8 Å². The molecule has 0 atom stereocenters. The number of urea groups is 1. The number of carbonyl (C=O) groups excluding carboxylic acids is 3. The molecule has 0 heterocycles. The number of rotatable bonds is 6. The monoisotopic (exact) mass is 360 g/mol. The van der Waals surface area contributed by atoms with E-state index in [1.165, 1.54) is 18.2 Å². The highest BCUT2D eigenvalue weighted by molar-refractivity contribution is 6.42. The Kier molecular flexibility index (Phi) is 7.85. The van der Waals surface area contributed by atoms with Crippen molar-refractivity contribution in [1.82, 2.24) is 10.6 Å². The first-order valence-electron chi connectivity index (χ1n) is 6.99. The maximum atomic E-state index is 11.7. The lowest BCUT2D eigenvalue weighted by Gasteiger charge is -2.09. The molecule has 1 aromatic rings. The molecular formula is C15H18Cl2N2O4. The van der Waals surface area contributed by atoms with Crippen LogP contribution in [-0.2, 0) is 9.53 Å². The fraction of sp³-hybridized carbons (Fsp3) is 0.400. The van der Waals surface area contributed by atoms with Gasteiger partial charge in [-0.2, -0.15) is 0 Å². The summed E-state index contributed by atoms with van der Waals surface area (Å²) in [6.07, 6.45) is 0.800. The Morgan fingerprint density at radius 2 is 1.87 bits per heavy atom. The van der Waals surface area contributed by atoms with E-state index >= 15 is 0 Å². The van der Waals surface area contributed by atoms with Gasteiger partial charge in [-0.05, 0) is 30.5 Å². The van der Waals surface area contributed by atoms with Crippen LogP contribution in [0.3, 0.4) is 0 Å². The van der Waals surface area contributed by atoms with Gasteiger partial charge in [0.2, 0.25) is 0 Å². The standard InChI is InChI=1S/C15H18Cl2N2O4/c1-9(2)5-6-18-15(22)19-13(20)8-23-14(21)10-3-4-11(16)12(17)7-10/h3-4,7,9H,5-6,8H2,1-2H3,(H2,18,19,20,22). The van der Waals surface area contributed by atoms with Gasteiger partial charge in [-0.1, -0.05) is 37.0 Å². The van der Waals surface area contributed by atoms with E-state index in [0.717, 1.165) is 6.42 Å². The summed E-state index contributed by atoms with van der Waals surface area (Å²) in [5, 5.41) is 5.11. The van der Waals surface area contributed by atoms with Crippen molar-refractivity contribution in [2.75, 3.05) is 13.2 Å². The van der Waals surface area contributed by atoms with Crippen molar-refractivity contribution in [1.29, 1.82) is 0 Å². The number of halogens is 2. The summed E-state index contributed by atoms with van der Waals surface area (Å²) in [6, 6.07) is 3.58. The van der Waals surface area contributed by atoms with Crippen LogP contribution in [0, 0.1) is 5.92 Å². The molecular weight excluding hydrogens is 343 g/mol. The van der Waals surface area contributed by atoms with Crippen molar-refractivity contribution in [2.45, 2.75) is 20.3 Å². The van der Waals surface area contributed by atoms with Crippen LogP contribution >= 0.6 is 23.2 Å². The summed E-state index contributed by atoms with van der Waals surface area (Å²) in [5.41, 5.74) is 0.161. The highest BCUT2D eigenvalue weighted by Crippen LogP contribution is 2.22. The maximum absolute atomic E-state index is 11.7. The molecule has 0 aliphatic rings. The molecule has 23 heavy (non-hydrogen) atoms. The Balaban J connectivity index is 2.36. The van der Waals surface area contributed by atoms with Gasteiger partial charge in [0, 0.05) is 6.54 Å². The molecule has 3 amide bonds. The molecule has 0 saturated heterocycles. The zero-order valence-electron chi connectivity index (χ0n) is 12.8. The van der Waals surface area contributed by atoms with Gasteiger partial charge in [0.25, 0.3) is 5.91 Å². The number of hydrogen-bond acceptors (Lipinski definition) is 4. The number of ether oxygens (including phenoxy) is 1. The Labute approximate surface area is 144 Å². The van der Waals surface area contributed by atoms with E-state index in [9.17, 15) is 14.4 Å². The van der Waals surface area contributed by atoms with Crippen LogP contribution < -0.4 is 10.6 Å². The molecule has 0 aliphatic carbocycles. The molecule has 0 aliphatic heterocycles. The molecule has 1 aromatic carbocycles. The molecule has 8 heteroatoms. The minimum atomic E-state index is -0.737. The first-order chi connectivity index (χ1) is 10.8. The van der Waals surface area contributed by atoms with Gasteiger partial charge in [-0.15, -0.1) is 0 Å². The molecule has 0 aromatic heterocycles. The molecule has 0 bridgehead atoms. The van der Waals surface area contributed by atoms with Crippen LogP contribution in [0.2, 0.25) is 10.0 Å². The third-order valence-corrected chi connectivity index (χ3v) is 3.49. The SMILES string of the molecule is CC(C)CCNC(=O)NC(=O)COC(=O)c1ccc(Cl)c(Cl)c1. The molecule has 0 radical (unpaired) electrons. The van der Waals surface area contributed by atoms with E-state index in [4.69, 9.17) is 27.9 Å². The topological polar surface area (TPSA) is 84.5 Å². The van der Waals surface area contributed by atoms with Crippen molar-refractivity contribution >= 4 is 41.1 Å². The lowest BCUT2D eigenvalue weighted by Crippen LogP contribution is -2.41. The summed E-state index contributed by atoms with van der Waals surface area (Å²) in [6.45, 7) is 3.93. The van der Waals surface area contributed by atoms with Crippen molar-refractivity contribution in [3.05, 3.63) is 33.8 Å². The van der Waals surface area contributed by atoms with Gasteiger partial charge < -0.3 is 10.1 Å². The number of imide groups is 1. The Bertz CT molecular complexity index is 591. The third-order valence-electron chi connectivity index (χ3n) is 2.75. The molecule has 6 nitrogen and oxygen atoms in total. The molecule has 126 valence electrons. The van der Waals surface area contributed by atoms with Crippen LogP contribution in [-0.4, -0.2) is 31.1 Å². The minimum Gasteiger partial charge on any atom is -0.452 e. The van der Waals surface area contributed by atoms with E-state index in [0.29, 0.717) is 17.5 Å². The van der Waals surface area contributed by atoms with E-state index in [1.54, 1.807) is 0 Å². The van der Waals surface area contributed by atoms with Crippen LogP contribution in [0.1, 0.15) is 30.6 Å². The Morgan fingerprint density at radius 1 is 1.17 bits per heavy atom. The molecule has 0 spiro atoms. The molecule has 0 unspecified atom stereocenters. The maximum Gasteiger partial charge on any atom is 0.338 e. The third kappa shape index (κ3) is 7.34. The van der Waals surface area contributed by atoms with Gasteiger partial charge in [-0.3, -0.25) is 10.1 Å². The van der Waals surface area contributed by atoms with E-state index in [-0.39, 0.29) is 10.6 Å². The highest BCUT2D eigenvalue weighted by atomic mass is 35.5. The second kappa shape index (κ2) is 9.37. The number of amides is 3.